The average Bonchev–Trinajstić information content (AvgIpc) is 2.25. The summed E-state index contributed by atoms with van der Waals surface area (Å²) in [5.74, 6) is 0.872. The van der Waals surface area contributed by atoms with E-state index in [4.69, 9.17) is 4.74 Å². The van der Waals surface area contributed by atoms with E-state index < -0.39 is 0 Å². The highest BCUT2D eigenvalue weighted by molar-refractivity contribution is 5.25. The van der Waals surface area contributed by atoms with Gasteiger partial charge in [0.1, 0.15) is 12.4 Å². The number of rotatable bonds is 7. The van der Waals surface area contributed by atoms with Gasteiger partial charge in [-0.15, -0.1) is 0 Å². The predicted octanol–water partition coefficient (Wildman–Crippen LogP) is 0.920. The molecule has 0 fully saturated rings. The first kappa shape index (κ1) is 12.9. The van der Waals surface area contributed by atoms with E-state index >= 15 is 0 Å². The maximum absolute atomic E-state index is 5.61. The Labute approximate surface area is 97.6 Å². The third-order valence-corrected chi connectivity index (χ3v) is 2.23. The Morgan fingerprint density at radius 1 is 1.38 bits per heavy atom. The van der Waals surface area contributed by atoms with Crippen LogP contribution in [0.25, 0.3) is 0 Å². The number of aryl methyl sites for hydroxylation is 1. The third-order valence-electron chi connectivity index (χ3n) is 2.23. The van der Waals surface area contributed by atoms with Crippen molar-refractivity contribution in [1.29, 1.82) is 0 Å². The molecule has 0 saturated carbocycles. The molecular weight excluding hydrogens is 202 g/mol. The van der Waals surface area contributed by atoms with E-state index in [1.165, 1.54) is 0 Å². The Hall–Kier alpha value is -1.13. The van der Waals surface area contributed by atoms with E-state index in [0.717, 1.165) is 31.1 Å². The lowest BCUT2D eigenvalue weighted by molar-refractivity contribution is 0.305. The third kappa shape index (κ3) is 5.09. The maximum Gasteiger partial charge on any atom is 0.140 e. The second-order valence-corrected chi connectivity index (χ2v) is 3.99. The van der Waals surface area contributed by atoms with Crippen molar-refractivity contribution in [1.82, 2.24) is 15.2 Å². The molecule has 4 nitrogen and oxygen atoms in total. The maximum atomic E-state index is 5.61. The molecule has 0 radical (unpaired) electrons. The number of hydrogen-bond donors (Lipinski definition) is 1. The van der Waals surface area contributed by atoms with Crippen molar-refractivity contribution in [3.8, 4) is 5.75 Å². The molecule has 90 valence electrons. The summed E-state index contributed by atoms with van der Waals surface area (Å²) < 4.78 is 5.61. The summed E-state index contributed by atoms with van der Waals surface area (Å²) in [5, 5.41) is 3.32. The van der Waals surface area contributed by atoms with Gasteiger partial charge in [-0.1, -0.05) is 0 Å². The van der Waals surface area contributed by atoms with Crippen LogP contribution in [0.3, 0.4) is 0 Å². The van der Waals surface area contributed by atoms with Crippen molar-refractivity contribution >= 4 is 0 Å². The normalized spacial score (nSPS) is 10.8. The van der Waals surface area contributed by atoms with Crippen LogP contribution in [0.4, 0.5) is 0 Å². The molecule has 0 saturated heterocycles. The number of ether oxygens (including phenoxy) is 1. The van der Waals surface area contributed by atoms with Gasteiger partial charge in [0, 0.05) is 25.8 Å². The van der Waals surface area contributed by atoms with Gasteiger partial charge >= 0.3 is 0 Å². The van der Waals surface area contributed by atoms with Crippen molar-refractivity contribution in [2.45, 2.75) is 6.92 Å². The average molecular weight is 223 g/mol. The van der Waals surface area contributed by atoms with Crippen LogP contribution >= 0.6 is 0 Å². The van der Waals surface area contributed by atoms with Gasteiger partial charge in [0.15, 0.2) is 0 Å². The number of likely N-dealkylation sites (N-methyl/N-ethyl adjacent to an activating group) is 1. The lowest BCUT2D eigenvalue weighted by Gasteiger charge is -2.11. The summed E-state index contributed by atoms with van der Waals surface area (Å²) in [4.78, 5) is 6.32. The zero-order chi connectivity index (χ0) is 11.8. The molecule has 1 heterocycles. The molecule has 0 aromatic carbocycles. The Morgan fingerprint density at radius 3 is 2.88 bits per heavy atom. The molecule has 0 bridgehead atoms. The zero-order valence-corrected chi connectivity index (χ0v) is 10.4. The number of hydrogen-bond acceptors (Lipinski definition) is 4. The lowest BCUT2D eigenvalue weighted by atomic mass is 10.3. The Morgan fingerprint density at radius 2 is 2.19 bits per heavy atom. The SMILES string of the molecule is Cc1ncccc1OCCNCCN(C)C. The molecule has 0 aliphatic rings. The number of nitrogens with one attached hydrogen (secondary N) is 1. The van der Waals surface area contributed by atoms with Gasteiger partial charge in [0.05, 0.1) is 5.69 Å². The Balaban J connectivity index is 2.10. The fourth-order valence-corrected chi connectivity index (χ4v) is 1.28. The van der Waals surface area contributed by atoms with Crippen LogP contribution in [0.5, 0.6) is 5.75 Å². The molecule has 0 spiro atoms. The minimum atomic E-state index is 0.681. The summed E-state index contributed by atoms with van der Waals surface area (Å²) in [5.41, 5.74) is 0.941. The molecule has 0 aliphatic carbocycles. The van der Waals surface area contributed by atoms with Crippen LogP contribution in [0.2, 0.25) is 0 Å². The van der Waals surface area contributed by atoms with E-state index in [-0.39, 0.29) is 0 Å². The molecule has 0 atom stereocenters. The first-order valence-corrected chi connectivity index (χ1v) is 5.60. The van der Waals surface area contributed by atoms with Crippen LogP contribution in [0.15, 0.2) is 18.3 Å². The summed E-state index contributed by atoms with van der Waals surface area (Å²) in [6, 6.07) is 3.84. The van der Waals surface area contributed by atoms with Crippen LogP contribution in [-0.4, -0.2) is 50.2 Å². The fourth-order valence-electron chi connectivity index (χ4n) is 1.28. The van der Waals surface area contributed by atoms with E-state index in [1.807, 2.05) is 19.1 Å². The molecule has 1 rings (SSSR count). The smallest absolute Gasteiger partial charge is 0.140 e. The molecule has 0 unspecified atom stereocenters. The highest BCUT2D eigenvalue weighted by atomic mass is 16.5. The first-order chi connectivity index (χ1) is 7.70. The minimum absolute atomic E-state index is 0.681. The van der Waals surface area contributed by atoms with E-state index in [9.17, 15) is 0 Å². The second-order valence-electron chi connectivity index (χ2n) is 3.99. The Bertz CT molecular complexity index is 302. The molecule has 4 heteroatoms. The highest BCUT2D eigenvalue weighted by Gasteiger charge is 1.97. The van der Waals surface area contributed by atoms with Crippen molar-refractivity contribution in [2.75, 3.05) is 40.3 Å². The lowest BCUT2D eigenvalue weighted by Crippen LogP contribution is -2.29. The second kappa shape index (κ2) is 7.19. The quantitative estimate of drug-likeness (QED) is 0.698. The number of aromatic nitrogens is 1. The largest absolute Gasteiger partial charge is 0.490 e. The van der Waals surface area contributed by atoms with Gasteiger partial charge in [-0.05, 0) is 33.2 Å². The van der Waals surface area contributed by atoms with Crippen molar-refractivity contribution < 1.29 is 4.74 Å². The van der Waals surface area contributed by atoms with Gasteiger partial charge < -0.3 is 15.0 Å². The van der Waals surface area contributed by atoms with E-state index in [2.05, 4.69) is 29.3 Å². The topological polar surface area (TPSA) is 37.4 Å². The molecular formula is C12H21N3O. The van der Waals surface area contributed by atoms with E-state index in [1.54, 1.807) is 6.20 Å². The molecule has 1 aromatic rings. The number of nitrogens with zero attached hydrogens (tertiary/aromatic N) is 2. The van der Waals surface area contributed by atoms with Gasteiger partial charge in [-0.3, -0.25) is 4.98 Å². The summed E-state index contributed by atoms with van der Waals surface area (Å²) in [6.45, 7) is 5.53. The fraction of sp³-hybridized carbons (Fsp3) is 0.583. The van der Waals surface area contributed by atoms with Crippen LogP contribution in [-0.2, 0) is 0 Å². The van der Waals surface area contributed by atoms with Crippen LogP contribution in [0.1, 0.15) is 5.69 Å². The van der Waals surface area contributed by atoms with Crippen molar-refractivity contribution in [3.63, 3.8) is 0 Å². The van der Waals surface area contributed by atoms with Crippen LogP contribution in [0, 0.1) is 6.92 Å². The molecule has 16 heavy (non-hydrogen) atoms. The first-order valence-electron chi connectivity index (χ1n) is 5.60. The molecule has 1 N–H and O–H groups in total. The standard InChI is InChI=1S/C12H21N3O/c1-11-12(5-4-6-14-11)16-10-8-13-7-9-15(2)3/h4-6,13H,7-10H2,1-3H3. The van der Waals surface area contributed by atoms with Gasteiger partial charge in [-0.2, -0.15) is 0 Å². The highest BCUT2D eigenvalue weighted by Crippen LogP contribution is 2.12. The van der Waals surface area contributed by atoms with Gasteiger partial charge in [0.2, 0.25) is 0 Å². The molecule has 0 amide bonds. The Kier molecular flexibility index (Phi) is 5.82. The zero-order valence-electron chi connectivity index (χ0n) is 10.4. The molecule has 1 aromatic heterocycles. The van der Waals surface area contributed by atoms with Gasteiger partial charge in [-0.25, -0.2) is 0 Å². The van der Waals surface area contributed by atoms with Gasteiger partial charge in [0.25, 0.3) is 0 Å². The van der Waals surface area contributed by atoms with Crippen LogP contribution < -0.4 is 10.1 Å². The summed E-state index contributed by atoms with van der Waals surface area (Å²) in [6.07, 6.45) is 1.78. The summed E-state index contributed by atoms with van der Waals surface area (Å²) >= 11 is 0. The number of pyridine rings is 1. The van der Waals surface area contributed by atoms with Crippen molar-refractivity contribution in [3.05, 3.63) is 24.0 Å². The summed E-state index contributed by atoms with van der Waals surface area (Å²) in [7, 11) is 4.13. The van der Waals surface area contributed by atoms with Crippen molar-refractivity contribution in [2.24, 2.45) is 0 Å². The minimum Gasteiger partial charge on any atom is -0.490 e. The monoisotopic (exact) mass is 223 g/mol. The van der Waals surface area contributed by atoms with E-state index in [0.29, 0.717) is 6.61 Å². The molecule has 0 aliphatic heterocycles. The predicted molar refractivity (Wildman–Crippen MR) is 65.9 cm³/mol.